The summed E-state index contributed by atoms with van der Waals surface area (Å²) in [7, 11) is 1.72. The molecule has 1 unspecified atom stereocenters. The first-order valence-corrected chi connectivity index (χ1v) is 6.36. The van der Waals surface area contributed by atoms with Gasteiger partial charge in [0.25, 0.3) is 5.56 Å². The van der Waals surface area contributed by atoms with Gasteiger partial charge in [0.2, 0.25) is 0 Å². The number of fused-ring (bicyclic) bond motifs is 1. The Kier molecular flexibility index (Phi) is 5.28. The smallest absolute Gasteiger partial charge is 0.261 e. The fourth-order valence-corrected chi connectivity index (χ4v) is 2.29. The van der Waals surface area contributed by atoms with Gasteiger partial charge in [-0.2, -0.15) is 0 Å². The molecular weight excluding hydrogens is 278 g/mol. The molecule has 20 heavy (non-hydrogen) atoms. The normalized spacial score (nSPS) is 12.2. The van der Waals surface area contributed by atoms with Crippen molar-refractivity contribution in [3.8, 4) is 0 Å². The van der Waals surface area contributed by atoms with E-state index in [1.807, 2.05) is 26.0 Å². The lowest BCUT2D eigenvalue weighted by molar-refractivity contribution is 0.268. The van der Waals surface area contributed by atoms with Crippen molar-refractivity contribution < 1.29 is 5.11 Å². The molecule has 2 aromatic rings. The van der Waals surface area contributed by atoms with E-state index in [4.69, 9.17) is 5.73 Å². The molecule has 5 nitrogen and oxygen atoms in total. The highest BCUT2D eigenvalue weighted by Crippen LogP contribution is 2.21. The molecule has 0 bridgehead atoms. The van der Waals surface area contributed by atoms with E-state index in [0.717, 1.165) is 11.1 Å². The van der Waals surface area contributed by atoms with E-state index in [9.17, 15) is 9.90 Å². The molecule has 0 amide bonds. The molecule has 6 heteroatoms. The number of hydrogen-bond donors (Lipinski definition) is 2. The third-order valence-corrected chi connectivity index (χ3v) is 3.36. The largest absolute Gasteiger partial charge is 0.394 e. The fourth-order valence-electron chi connectivity index (χ4n) is 2.29. The number of aliphatic hydroxyl groups is 1. The van der Waals surface area contributed by atoms with E-state index in [0.29, 0.717) is 23.1 Å². The second-order valence-electron chi connectivity index (χ2n) is 4.79. The van der Waals surface area contributed by atoms with Gasteiger partial charge in [-0.25, -0.2) is 4.98 Å². The summed E-state index contributed by atoms with van der Waals surface area (Å²) in [5, 5.41) is 9.81. The Labute approximate surface area is 123 Å². The van der Waals surface area contributed by atoms with E-state index in [1.54, 1.807) is 11.6 Å². The summed E-state index contributed by atoms with van der Waals surface area (Å²) >= 11 is 0. The molecule has 3 N–H and O–H groups in total. The summed E-state index contributed by atoms with van der Waals surface area (Å²) in [6.07, 6.45) is 0.670. The summed E-state index contributed by atoms with van der Waals surface area (Å²) in [6.45, 7) is 3.69. The quantitative estimate of drug-likeness (QED) is 0.892. The number of nitrogens with zero attached hydrogens (tertiary/aromatic N) is 2. The summed E-state index contributed by atoms with van der Waals surface area (Å²) < 4.78 is 1.57. The molecule has 0 fully saturated rings. The average molecular weight is 298 g/mol. The standard InChI is InChI=1S/C14H19N3O2.ClH/c1-4-12-16-13-9(11(15)7-18)5-8(2)6-10(13)14(19)17(12)3;/h5-6,11,18H,4,7,15H2,1-3H3;1H. The van der Waals surface area contributed by atoms with Crippen LogP contribution >= 0.6 is 12.4 Å². The van der Waals surface area contributed by atoms with Gasteiger partial charge in [0.15, 0.2) is 0 Å². The molecule has 0 spiro atoms. The predicted octanol–water partition coefficient (Wildman–Crippen LogP) is 1.22. The lowest BCUT2D eigenvalue weighted by Gasteiger charge is -2.15. The molecular formula is C14H20ClN3O2. The number of nitrogens with two attached hydrogens (primary N) is 1. The van der Waals surface area contributed by atoms with Gasteiger partial charge in [-0.3, -0.25) is 9.36 Å². The highest BCUT2D eigenvalue weighted by molar-refractivity contribution is 5.85. The number of aliphatic hydroxyl groups excluding tert-OH is 1. The molecule has 0 aliphatic rings. The van der Waals surface area contributed by atoms with Crippen molar-refractivity contribution in [1.29, 1.82) is 0 Å². The maximum Gasteiger partial charge on any atom is 0.261 e. The van der Waals surface area contributed by atoms with Crippen LogP contribution in [0.4, 0.5) is 0 Å². The Hall–Kier alpha value is -1.43. The van der Waals surface area contributed by atoms with E-state index < -0.39 is 6.04 Å². The minimum absolute atomic E-state index is 0. The summed E-state index contributed by atoms with van der Waals surface area (Å²) in [4.78, 5) is 16.9. The van der Waals surface area contributed by atoms with Crippen LogP contribution in [0.2, 0.25) is 0 Å². The van der Waals surface area contributed by atoms with Crippen LogP contribution in [0.3, 0.4) is 0 Å². The molecule has 0 aliphatic carbocycles. The van der Waals surface area contributed by atoms with Crippen LogP contribution in [-0.2, 0) is 13.5 Å². The average Bonchev–Trinajstić information content (AvgIpc) is 2.41. The van der Waals surface area contributed by atoms with Crippen molar-refractivity contribution in [2.45, 2.75) is 26.3 Å². The molecule has 1 heterocycles. The summed E-state index contributed by atoms with van der Waals surface area (Å²) in [6, 6.07) is 3.18. The van der Waals surface area contributed by atoms with E-state index in [-0.39, 0.29) is 24.6 Å². The Balaban J connectivity index is 0.00000200. The Morgan fingerprint density at radius 2 is 2.10 bits per heavy atom. The number of aromatic nitrogens is 2. The zero-order valence-electron chi connectivity index (χ0n) is 11.9. The van der Waals surface area contributed by atoms with E-state index in [2.05, 4.69) is 4.98 Å². The van der Waals surface area contributed by atoms with Crippen molar-refractivity contribution in [1.82, 2.24) is 9.55 Å². The molecule has 0 saturated heterocycles. The van der Waals surface area contributed by atoms with E-state index >= 15 is 0 Å². The maximum atomic E-state index is 12.3. The topological polar surface area (TPSA) is 81.1 Å². The van der Waals surface area contributed by atoms with E-state index in [1.165, 1.54) is 0 Å². The molecule has 0 radical (unpaired) electrons. The third-order valence-electron chi connectivity index (χ3n) is 3.36. The zero-order chi connectivity index (χ0) is 14.2. The number of hydrogen-bond acceptors (Lipinski definition) is 4. The second kappa shape index (κ2) is 6.35. The van der Waals surface area contributed by atoms with Gasteiger partial charge in [0.05, 0.1) is 23.6 Å². The number of halogens is 1. The SMILES string of the molecule is CCc1nc2c(C(N)CO)cc(C)cc2c(=O)n1C.Cl. The molecule has 1 aromatic heterocycles. The molecule has 0 aliphatic heterocycles. The molecule has 1 aromatic carbocycles. The minimum Gasteiger partial charge on any atom is -0.394 e. The first-order valence-electron chi connectivity index (χ1n) is 6.36. The Bertz CT molecular complexity index is 682. The summed E-state index contributed by atoms with van der Waals surface area (Å²) in [5.74, 6) is 0.716. The Morgan fingerprint density at radius 1 is 1.45 bits per heavy atom. The van der Waals surface area contributed by atoms with Gasteiger partial charge in [-0.15, -0.1) is 12.4 Å². The number of aryl methyl sites for hydroxylation is 2. The minimum atomic E-state index is -0.522. The van der Waals surface area contributed by atoms with Crippen LogP contribution in [0.25, 0.3) is 10.9 Å². The predicted molar refractivity (Wildman–Crippen MR) is 82.4 cm³/mol. The van der Waals surface area contributed by atoms with Gasteiger partial charge in [-0.05, 0) is 24.1 Å². The second-order valence-corrected chi connectivity index (χ2v) is 4.79. The van der Waals surface area contributed by atoms with Gasteiger partial charge in [-0.1, -0.05) is 13.0 Å². The van der Waals surface area contributed by atoms with Crippen molar-refractivity contribution in [3.63, 3.8) is 0 Å². The zero-order valence-corrected chi connectivity index (χ0v) is 12.7. The third kappa shape index (κ3) is 2.70. The molecule has 2 rings (SSSR count). The first kappa shape index (κ1) is 16.6. The van der Waals surface area contributed by atoms with Crippen molar-refractivity contribution in [3.05, 3.63) is 39.4 Å². The lowest BCUT2D eigenvalue weighted by atomic mass is 10.0. The first-order chi connectivity index (χ1) is 8.99. The van der Waals surface area contributed by atoms with Gasteiger partial charge < -0.3 is 10.8 Å². The molecule has 0 saturated carbocycles. The summed E-state index contributed by atoms with van der Waals surface area (Å²) in [5.41, 5.74) is 8.11. The van der Waals surface area contributed by atoms with Crippen molar-refractivity contribution in [2.24, 2.45) is 12.8 Å². The lowest BCUT2D eigenvalue weighted by Crippen LogP contribution is -2.24. The fraction of sp³-hybridized carbons (Fsp3) is 0.429. The Morgan fingerprint density at radius 3 is 2.65 bits per heavy atom. The van der Waals surface area contributed by atoms with Gasteiger partial charge >= 0.3 is 0 Å². The van der Waals surface area contributed by atoms with Crippen LogP contribution in [0.15, 0.2) is 16.9 Å². The molecule has 110 valence electrons. The highest BCUT2D eigenvalue weighted by atomic mass is 35.5. The van der Waals surface area contributed by atoms with Crippen molar-refractivity contribution >= 4 is 23.3 Å². The van der Waals surface area contributed by atoms with Crippen LogP contribution in [0.1, 0.15) is 29.9 Å². The van der Waals surface area contributed by atoms with Crippen LogP contribution in [0, 0.1) is 6.92 Å². The van der Waals surface area contributed by atoms with Gasteiger partial charge in [0.1, 0.15) is 5.82 Å². The molecule has 1 atom stereocenters. The van der Waals surface area contributed by atoms with Crippen molar-refractivity contribution in [2.75, 3.05) is 6.61 Å². The van der Waals surface area contributed by atoms with Crippen LogP contribution in [0.5, 0.6) is 0 Å². The number of benzene rings is 1. The monoisotopic (exact) mass is 297 g/mol. The van der Waals surface area contributed by atoms with Crippen LogP contribution < -0.4 is 11.3 Å². The highest BCUT2D eigenvalue weighted by Gasteiger charge is 2.15. The number of rotatable bonds is 3. The maximum absolute atomic E-state index is 12.3. The van der Waals surface area contributed by atoms with Crippen LogP contribution in [-0.4, -0.2) is 21.3 Å². The van der Waals surface area contributed by atoms with Gasteiger partial charge in [0, 0.05) is 13.5 Å².